The second-order valence-corrected chi connectivity index (χ2v) is 7.58. The molecule has 0 aliphatic carbocycles. The van der Waals surface area contributed by atoms with E-state index in [1.807, 2.05) is 6.07 Å². The van der Waals surface area contributed by atoms with E-state index in [-0.39, 0.29) is 0 Å². The number of aromatic nitrogens is 3. The van der Waals surface area contributed by atoms with Gasteiger partial charge in [0.15, 0.2) is 5.82 Å². The van der Waals surface area contributed by atoms with Gasteiger partial charge in [0, 0.05) is 38.8 Å². The number of piperazine rings is 1. The summed E-state index contributed by atoms with van der Waals surface area (Å²) in [4.78, 5) is 6.90. The zero-order valence-electron chi connectivity index (χ0n) is 11.9. The van der Waals surface area contributed by atoms with Crippen molar-refractivity contribution in [3.05, 3.63) is 26.2 Å². The van der Waals surface area contributed by atoms with Crippen LogP contribution in [0.2, 0.25) is 0 Å². The van der Waals surface area contributed by atoms with Crippen molar-refractivity contribution in [2.75, 3.05) is 18.0 Å². The number of hydrogen-bond donors (Lipinski definition) is 2. The normalized spacial score (nSPS) is 22.6. The summed E-state index contributed by atoms with van der Waals surface area (Å²) in [5.74, 6) is 1.57. The first kappa shape index (κ1) is 15.2. The fraction of sp³-hybridized carbons (Fsp3) is 0.429. The van der Waals surface area contributed by atoms with Crippen LogP contribution >= 0.6 is 38.5 Å². The number of nitrogens with one attached hydrogen (secondary N) is 2. The van der Waals surface area contributed by atoms with Crippen molar-refractivity contribution in [1.29, 1.82) is 0 Å². The summed E-state index contributed by atoms with van der Waals surface area (Å²) in [7, 11) is 0. The Hall–Kier alpha value is -0.670. The highest BCUT2D eigenvalue weighted by molar-refractivity contribution is 14.1. The lowest BCUT2D eigenvalue weighted by atomic mass is 10.1. The molecule has 2 heterocycles. The molecule has 1 saturated heterocycles. The van der Waals surface area contributed by atoms with Crippen LogP contribution in [0.25, 0.3) is 11.4 Å². The number of halogens is 2. The highest BCUT2D eigenvalue weighted by Gasteiger charge is 2.24. The van der Waals surface area contributed by atoms with Crippen LogP contribution in [0.15, 0.2) is 22.7 Å². The lowest BCUT2D eigenvalue weighted by Gasteiger charge is -2.35. The Kier molecular flexibility index (Phi) is 4.51. The molecule has 0 radical (unpaired) electrons. The van der Waals surface area contributed by atoms with Gasteiger partial charge in [-0.15, -0.1) is 5.10 Å². The van der Waals surface area contributed by atoms with Crippen molar-refractivity contribution in [3.8, 4) is 11.4 Å². The van der Waals surface area contributed by atoms with Crippen molar-refractivity contribution in [1.82, 2.24) is 20.5 Å². The zero-order chi connectivity index (χ0) is 15.0. The van der Waals surface area contributed by atoms with Gasteiger partial charge in [-0.2, -0.15) is 4.98 Å². The minimum absolute atomic E-state index is 0.445. The molecule has 2 N–H and O–H groups in total. The van der Waals surface area contributed by atoms with Gasteiger partial charge < -0.3 is 10.2 Å². The van der Waals surface area contributed by atoms with Crippen LogP contribution in [0.1, 0.15) is 13.8 Å². The summed E-state index contributed by atoms with van der Waals surface area (Å²) in [5, 5.41) is 11.0. The first-order valence-corrected chi connectivity index (χ1v) is 8.79. The largest absolute Gasteiger partial charge is 0.336 e. The summed E-state index contributed by atoms with van der Waals surface area (Å²) in [6, 6.07) is 7.08. The Labute approximate surface area is 146 Å². The molecule has 2 atom stereocenters. The van der Waals surface area contributed by atoms with E-state index >= 15 is 0 Å². The number of hydrogen-bond acceptors (Lipinski definition) is 4. The molecule has 5 nitrogen and oxygen atoms in total. The van der Waals surface area contributed by atoms with E-state index < -0.39 is 0 Å². The van der Waals surface area contributed by atoms with Gasteiger partial charge in [-0.1, -0.05) is 15.9 Å². The maximum Gasteiger partial charge on any atom is 0.245 e. The van der Waals surface area contributed by atoms with Gasteiger partial charge in [-0.25, -0.2) is 0 Å². The Bertz CT molecular complexity index is 634. The van der Waals surface area contributed by atoms with Crippen molar-refractivity contribution in [3.63, 3.8) is 0 Å². The van der Waals surface area contributed by atoms with Crippen LogP contribution in [0.3, 0.4) is 0 Å². The minimum atomic E-state index is 0.445. The van der Waals surface area contributed by atoms with E-state index in [9.17, 15) is 0 Å². The Balaban J connectivity index is 1.88. The molecular formula is C14H17BrIN5. The number of aromatic amines is 1. The second kappa shape index (κ2) is 6.21. The smallest absolute Gasteiger partial charge is 0.245 e. The maximum atomic E-state index is 4.67. The standard InChI is InChI=1S/C14H17BrIN5/c1-8-6-21(7-9(2)17-8)14-18-13(19-20-14)11-5-10(16)3-4-12(11)15/h3-5,8-9,17H,6-7H2,1-2H3,(H,18,19,20). The predicted octanol–water partition coefficient (Wildman–Crippen LogP) is 3.03. The quantitative estimate of drug-likeness (QED) is 0.675. The monoisotopic (exact) mass is 461 g/mol. The molecule has 1 aromatic carbocycles. The van der Waals surface area contributed by atoms with Crippen LogP contribution in [0.5, 0.6) is 0 Å². The van der Waals surface area contributed by atoms with Crippen molar-refractivity contribution >= 4 is 44.5 Å². The van der Waals surface area contributed by atoms with Crippen molar-refractivity contribution < 1.29 is 0 Å². The molecule has 1 aromatic heterocycles. The third-order valence-electron chi connectivity index (χ3n) is 3.50. The maximum absolute atomic E-state index is 4.67. The molecule has 0 saturated carbocycles. The summed E-state index contributed by atoms with van der Waals surface area (Å²) in [5.41, 5.74) is 1.04. The van der Waals surface area contributed by atoms with Gasteiger partial charge >= 0.3 is 0 Å². The van der Waals surface area contributed by atoms with E-state index in [1.165, 1.54) is 3.57 Å². The van der Waals surface area contributed by atoms with Crippen molar-refractivity contribution in [2.24, 2.45) is 0 Å². The molecule has 0 spiro atoms. The van der Waals surface area contributed by atoms with Gasteiger partial charge in [-0.05, 0) is 54.6 Å². The van der Waals surface area contributed by atoms with E-state index in [2.05, 4.69) is 89.9 Å². The van der Waals surface area contributed by atoms with Gasteiger partial charge in [0.25, 0.3) is 0 Å². The second-order valence-electron chi connectivity index (χ2n) is 5.48. The molecule has 21 heavy (non-hydrogen) atoms. The molecule has 2 aromatic rings. The molecule has 3 rings (SSSR count). The number of benzene rings is 1. The minimum Gasteiger partial charge on any atom is -0.336 e. The summed E-state index contributed by atoms with van der Waals surface area (Å²) in [6.07, 6.45) is 0. The van der Waals surface area contributed by atoms with Gasteiger partial charge in [0.1, 0.15) is 0 Å². The van der Waals surface area contributed by atoms with E-state index in [1.54, 1.807) is 0 Å². The zero-order valence-corrected chi connectivity index (χ0v) is 15.6. The molecule has 2 unspecified atom stereocenters. The van der Waals surface area contributed by atoms with Crippen LogP contribution in [0.4, 0.5) is 5.95 Å². The van der Waals surface area contributed by atoms with Crippen LogP contribution in [-0.4, -0.2) is 40.4 Å². The van der Waals surface area contributed by atoms with Gasteiger partial charge in [-0.3, -0.25) is 5.10 Å². The summed E-state index contributed by atoms with van der Waals surface area (Å²) in [6.45, 7) is 6.23. The number of anilines is 1. The average molecular weight is 462 g/mol. The molecule has 1 aliphatic rings. The molecule has 1 aliphatic heterocycles. The number of nitrogens with zero attached hydrogens (tertiary/aromatic N) is 3. The fourth-order valence-corrected chi connectivity index (χ4v) is 3.61. The van der Waals surface area contributed by atoms with Crippen molar-refractivity contribution in [2.45, 2.75) is 25.9 Å². The van der Waals surface area contributed by atoms with Crippen LogP contribution < -0.4 is 10.2 Å². The van der Waals surface area contributed by atoms with E-state index in [4.69, 9.17) is 0 Å². The highest BCUT2D eigenvalue weighted by Crippen LogP contribution is 2.28. The van der Waals surface area contributed by atoms with E-state index in [0.29, 0.717) is 12.1 Å². The molecule has 0 bridgehead atoms. The Morgan fingerprint density at radius 1 is 1.29 bits per heavy atom. The first-order chi connectivity index (χ1) is 10.0. The topological polar surface area (TPSA) is 56.8 Å². The molecule has 7 heteroatoms. The lowest BCUT2D eigenvalue weighted by Crippen LogP contribution is -2.54. The average Bonchev–Trinajstić information content (AvgIpc) is 2.90. The third kappa shape index (κ3) is 3.40. The molecule has 0 amide bonds. The lowest BCUT2D eigenvalue weighted by molar-refractivity contribution is 0.403. The first-order valence-electron chi connectivity index (χ1n) is 6.92. The van der Waals surface area contributed by atoms with E-state index in [0.717, 1.165) is 34.9 Å². The molecular weight excluding hydrogens is 445 g/mol. The summed E-state index contributed by atoms with van der Waals surface area (Å²) < 4.78 is 2.20. The third-order valence-corrected chi connectivity index (χ3v) is 4.86. The number of H-pyrrole nitrogens is 1. The SMILES string of the molecule is CC1CN(c2n[nH]c(-c3cc(I)ccc3Br)n2)CC(C)N1. The van der Waals surface area contributed by atoms with Gasteiger partial charge in [0.05, 0.1) is 0 Å². The molecule has 1 fully saturated rings. The van der Waals surface area contributed by atoms with Gasteiger partial charge in [0.2, 0.25) is 5.95 Å². The highest BCUT2D eigenvalue weighted by atomic mass is 127. The Morgan fingerprint density at radius 3 is 2.71 bits per heavy atom. The summed E-state index contributed by atoms with van der Waals surface area (Å²) >= 11 is 5.88. The fourth-order valence-electron chi connectivity index (χ4n) is 2.68. The number of rotatable bonds is 2. The van der Waals surface area contributed by atoms with Crippen LogP contribution in [0, 0.1) is 3.57 Å². The molecule has 112 valence electrons. The predicted molar refractivity (Wildman–Crippen MR) is 96.5 cm³/mol. The Morgan fingerprint density at radius 2 is 2.00 bits per heavy atom. The van der Waals surface area contributed by atoms with Crippen LogP contribution in [-0.2, 0) is 0 Å².